The van der Waals surface area contributed by atoms with E-state index >= 15 is 0 Å². The first-order chi connectivity index (χ1) is 9.60. The lowest BCUT2D eigenvalue weighted by atomic mass is 10.1. The van der Waals surface area contributed by atoms with Crippen LogP contribution in [0.3, 0.4) is 0 Å². The van der Waals surface area contributed by atoms with Crippen molar-refractivity contribution in [2.24, 2.45) is 0 Å². The van der Waals surface area contributed by atoms with Gasteiger partial charge in [-0.3, -0.25) is 10.1 Å². The van der Waals surface area contributed by atoms with E-state index in [9.17, 15) is 10.1 Å². The fourth-order valence-electron chi connectivity index (χ4n) is 1.84. The summed E-state index contributed by atoms with van der Waals surface area (Å²) >= 11 is 5.86. The van der Waals surface area contributed by atoms with E-state index in [1.165, 1.54) is 18.2 Å². The predicted octanol–water partition coefficient (Wildman–Crippen LogP) is 3.35. The molecule has 2 aromatic carbocycles. The number of nitrogens with one attached hydrogen (secondary N) is 1. The number of hydrogen-bond donors (Lipinski definition) is 2. The molecule has 0 fully saturated rings. The van der Waals surface area contributed by atoms with Crippen LogP contribution in [0.2, 0.25) is 5.02 Å². The molecule has 0 heterocycles. The Morgan fingerprint density at radius 3 is 2.65 bits per heavy atom. The van der Waals surface area contributed by atoms with Crippen molar-refractivity contribution in [3.63, 3.8) is 0 Å². The highest BCUT2D eigenvalue weighted by Crippen LogP contribution is 2.28. The quantitative estimate of drug-likeness (QED) is 0.654. The van der Waals surface area contributed by atoms with Crippen LogP contribution in [0.15, 0.2) is 42.5 Å². The van der Waals surface area contributed by atoms with Gasteiger partial charge in [-0.1, -0.05) is 35.9 Å². The Labute approximate surface area is 121 Å². The van der Waals surface area contributed by atoms with Crippen molar-refractivity contribution in [2.45, 2.75) is 13.2 Å². The fourth-order valence-corrected chi connectivity index (χ4v) is 2.02. The largest absolute Gasteiger partial charge is 0.392 e. The van der Waals surface area contributed by atoms with E-state index in [2.05, 4.69) is 5.32 Å². The third kappa shape index (κ3) is 3.46. The molecule has 0 radical (unpaired) electrons. The van der Waals surface area contributed by atoms with E-state index < -0.39 is 4.92 Å². The van der Waals surface area contributed by atoms with Crippen LogP contribution in [0.4, 0.5) is 11.4 Å². The molecular formula is C14H13ClN2O3. The van der Waals surface area contributed by atoms with Crippen molar-refractivity contribution in [1.29, 1.82) is 0 Å². The molecule has 2 N–H and O–H groups in total. The number of aliphatic hydroxyl groups is 1. The second-order valence-corrected chi connectivity index (χ2v) is 4.69. The maximum atomic E-state index is 10.9. The zero-order valence-corrected chi connectivity index (χ0v) is 11.3. The molecule has 0 aliphatic rings. The third-order valence-electron chi connectivity index (χ3n) is 2.81. The van der Waals surface area contributed by atoms with Gasteiger partial charge in [0.05, 0.1) is 11.5 Å². The summed E-state index contributed by atoms with van der Waals surface area (Å²) in [6.45, 7) is 0.375. The van der Waals surface area contributed by atoms with Crippen LogP contribution in [0.5, 0.6) is 0 Å². The number of nitro groups is 1. The smallest absolute Gasteiger partial charge is 0.292 e. The van der Waals surface area contributed by atoms with E-state index in [0.717, 1.165) is 11.1 Å². The van der Waals surface area contributed by atoms with Crippen LogP contribution in [-0.2, 0) is 13.2 Å². The Morgan fingerprint density at radius 1 is 1.20 bits per heavy atom. The van der Waals surface area contributed by atoms with Gasteiger partial charge in [-0.2, -0.15) is 0 Å². The Hall–Kier alpha value is -2.11. The molecule has 5 nitrogen and oxygen atoms in total. The normalized spacial score (nSPS) is 10.3. The molecule has 2 aromatic rings. The lowest BCUT2D eigenvalue weighted by Gasteiger charge is -2.08. The van der Waals surface area contributed by atoms with Crippen molar-refractivity contribution in [3.05, 3.63) is 68.7 Å². The van der Waals surface area contributed by atoms with Gasteiger partial charge in [0.1, 0.15) is 5.69 Å². The number of nitrogens with zero attached hydrogens (tertiary/aromatic N) is 1. The molecule has 0 saturated heterocycles. The van der Waals surface area contributed by atoms with Crippen LogP contribution in [0.25, 0.3) is 0 Å². The van der Waals surface area contributed by atoms with Gasteiger partial charge in [0.25, 0.3) is 5.69 Å². The lowest BCUT2D eigenvalue weighted by molar-refractivity contribution is -0.384. The van der Waals surface area contributed by atoms with Crippen molar-refractivity contribution in [2.75, 3.05) is 5.32 Å². The molecule has 0 aromatic heterocycles. The molecular weight excluding hydrogens is 280 g/mol. The number of halogens is 1. The second kappa shape index (κ2) is 6.36. The highest BCUT2D eigenvalue weighted by Gasteiger charge is 2.13. The number of aliphatic hydroxyl groups excluding tert-OH is 1. The SMILES string of the molecule is O=[N+]([O-])c1ccc(Cl)cc1NCc1cccc(CO)c1. The van der Waals surface area contributed by atoms with Crippen LogP contribution in [0, 0.1) is 10.1 Å². The third-order valence-corrected chi connectivity index (χ3v) is 3.05. The van der Waals surface area contributed by atoms with Gasteiger partial charge in [0.15, 0.2) is 0 Å². The van der Waals surface area contributed by atoms with Gasteiger partial charge in [0.2, 0.25) is 0 Å². The van der Waals surface area contributed by atoms with Crippen LogP contribution >= 0.6 is 11.6 Å². The van der Waals surface area contributed by atoms with Gasteiger partial charge in [-0.05, 0) is 23.3 Å². The molecule has 0 bridgehead atoms. The molecule has 0 amide bonds. The first-order valence-corrected chi connectivity index (χ1v) is 6.34. The van der Waals surface area contributed by atoms with Crippen molar-refractivity contribution < 1.29 is 10.0 Å². The zero-order valence-electron chi connectivity index (χ0n) is 10.5. The minimum atomic E-state index is -0.456. The number of anilines is 1. The Bertz CT molecular complexity index is 632. The maximum absolute atomic E-state index is 10.9. The Morgan fingerprint density at radius 2 is 1.95 bits per heavy atom. The van der Waals surface area contributed by atoms with Gasteiger partial charge in [-0.25, -0.2) is 0 Å². The molecule has 0 unspecified atom stereocenters. The fraction of sp³-hybridized carbons (Fsp3) is 0.143. The van der Waals surface area contributed by atoms with Gasteiger partial charge in [0, 0.05) is 17.6 Å². The molecule has 0 saturated carbocycles. The van der Waals surface area contributed by atoms with E-state index in [1.54, 1.807) is 0 Å². The summed E-state index contributed by atoms with van der Waals surface area (Å²) in [6.07, 6.45) is 0. The van der Waals surface area contributed by atoms with E-state index in [1.807, 2.05) is 24.3 Å². The van der Waals surface area contributed by atoms with Crippen molar-refractivity contribution >= 4 is 23.0 Å². The number of benzene rings is 2. The van der Waals surface area contributed by atoms with Crippen LogP contribution < -0.4 is 5.32 Å². The van der Waals surface area contributed by atoms with Crippen molar-refractivity contribution in [3.8, 4) is 0 Å². The van der Waals surface area contributed by atoms with Crippen LogP contribution in [0.1, 0.15) is 11.1 Å². The monoisotopic (exact) mass is 292 g/mol. The molecule has 6 heteroatoms. The van der Waals surface area contributed by atoms with Gasteiger partial charge in [-0.15, -0.1) is 0 Å². The molecule has 2 rings (SSSR count). The van der Waals surface area contributed by atoms with E-state index in [0.29, 0.717) is 17.3 Å². The summed E-state index contributed by atoms with van der Waals surface area (Å²) in [5, 5.41) is 23.4. The predicted molar refractivity (Wildman–Crippen MR) is 77.8 cm³/mol. The second-order valence-electron chi connectivity index (χ2n) is 4.25. The summed E-state index contributed by atoms with van der Waals surface area (Å²) < 4.78 is 0. The summed E-state index contributed by atoms with van der Waals surface area (Å²) in [5.74, 6) is 0. The Balaban J connectivity index is 2.17. The zero-order chi connectivity index (χ0) is 14.5. The number of rotatable bonds is 5. The number of nitro benzene ring substituents is 1. The lowest BCUT2D eigenvalue weighted by Crippen LogP contribution is -2.03. The van der Waals surface area contributed by atoms with Gasteiger partial charge < -0.3 is 10.4 Å². The average Bonchev–Trinajstić information content (AvgIpc) is 2.45. The summed E-state index contributed by atoms with van der Waals surface area (Å²) in [7, 11) is 0. The molecule has 104 valence electrons. The molecule has 0 spiro atoms. The highest BCUT2D eigenvalue weighted by atomic mass is 35.5. The molecule has 20 heavy (non-hydrogen) atoms. The van der Waals surface area contributed by atoms with Gasteiger partial charge >= 0.3 is 0 Å². The summed E-state index contributed by atoms with van der Waals surface area (Å²) in [5.41, 5.74) is 2.07. The number of hydrogen-bond acceptors (Lipinski definition) is 4. The van der Waals surface area contributed by atoms with Crippen molar-refractivity contribution in [1.82, 2.24) is 0 Å². The standard InChI is InChI=1S/C14H13ClN2O3/c15-12-4-5-14(17(19)20)13(7-12)16-8-10-2-1-3-11(6-10)9-18/h1-7,16,18H,8-9H2. The maximum Gasteiger partial charge on any atom is 0.292 e. The van der Waals surface area contributed by atoms with E-state index in [4.69, 9.17) is 16.7 Å². The average molecular weight is 293 g/mol. The first kappa shape index (κ1) is 14.3. The molecule has 0 aliphatic carbocycles. The highest BCUT2D eigenvalue weighted by molar-refractivity contribution is 6.31. The summed E-state index contributed by atoms with van der Waals surface area (Å²) in [4.78, 5) is 10.5. The minimum absolute atomic E-state index is 0.0206. The Kier molecular flexibility index (Phi) is 4.55. The minimum Gasteiger partial charge on any atom is -0.392 e. The molecule has 0 aliphatic heterocycles. The van der Waals surface area contributed by atoms with Crippen LogP contribution in [-0.4, -0.2) is 10.0 Å². The topological polar surface area (TPSA) is 75.4 Å². The summed E-state index contributed by atoms with van der Waals surface area (Å²) in [6, 6.07) is 11.7. The molecule has 0 atom stereocenters. The first-order valence-electron chi connectivity index (χ1n) is 5.96. The van der Waals surface area contributed by atoms with E-state index in [-0.39, 0.29) is 12.3 Å².